The topological polar surface area (TPSA) is 67.3 Å². The summed E-state index contributed by atoms with van der Waals surface area (Å²) < 4.78 is 0. The number of carboxylic acids is 1. The van der Waals surface area contributed by atoms with Gasteiger partial charge in [0.1, 0.15) is 0 Å². The zero-order valence-electron chi connectivity index (χ0n) is 8.52. The second-order valence-electron chi connectivity index (χ2n) is 2.73. The average Bonchev–Trinajstić information content (AvgIpc) is 2.65. The molecule has 0 atom stereocenters. The van der Waals surface area contributed by atoms with Crippen LogP contribution in [0.3, 0.4) is 0 Å². The summed E-state index contributed by atoms with van der Waals surface area (Å²) in [6.07, 6.45) is 0.590. The Hall–Kier alpha value is -1.32. The highest BCUT2D eigenvalue weighted by molar-refractivity contribution is 8.13. The summed E-state index contributed by atoms with van der Waals surface area (Å²) in [5.41, 5.74) is 0.0208. The van der Waals surface area contributed by atoms with Crippen LogP contribution in [0.5, 0.6) is 0 Å². The Balaban J connectivity index is 2.44. The largest absolute Gasteiger partial charge is 0.476 e. The summed E-state index contributed by atoms with van der Waals surface area (Å²) in [7, 11) is 0. The van der Waals surface area contributed by atoms with Gasteiger partial charge in [-0.1, -0.05) is 17.7 Å². The number of thiazole rings is 1. The summed E-state index contributed by atoms with van der Waals surface area (Å²) in [5, 5.41) is 10.6. The number of hydrogen-bond acceptors (Lipinski definition) is 5. The van der Waals surface area contributed by atoms with E-state index in [2.05, 4.69) is 16.8 Å². The van der Waals surface area contributed by atoms with Crippen molar-refractivity contribution in [2.75, 3.05) is 5.75 Å². The van der Waals surface area contributed by atoms with Gasteiger partial charge in [0, 0.05) is 24.5 Å². The first-order valence-electron chi connectivity index (χ1n) is 4.40. The van der Waals surface area contributed by atoms with Gasteiger partial charge < -0.3 is 5.11 Å². The van der Waals surface area contributed by atoms with Crippen LogP contribution in [0, 0.1) is 11.8 Å². The third-order valence-electron chi connectivity index (χ3n) is 1.45. The quantitative estimate of drug-likeness (QED) is 0.659. The van der Waals surface area contributed by atoms with Gasteiger partial charge in [-0.3, -0.25) is 4.79 Å². The van der Waals surface area contributed by atoms with Crippen molar-refractivity contribution in [3.8, 4) is 11.8 Å². The average molecular weight is 255 g/mol. The number of thioether (sulfide) groups is 1. The molecule has 16 heavy (non-hydrogen) atoms. The summed E-state index contributed by atoms with van der Waals surface area (Å²) in [4.78, 5) is 24.9. The number of aromatic carboxylic acids is 1. The molecule has 1 rings (SSSR count). The molecule has 1 aromatic rings. The van der Waals surface area contributed by atoms with E-state index in [1.165, 1.54) is 35.4 Å². The minimum Gasteiger partial charge on any atom is -0.476 e. The molecule has 84 valence electrons. The maximum Gasteiger partial charge on any atom is 0.355 e. The number of hydrogen-bond donors (Lipinski definition) is 1. The van der Waals surface area contributed by atoms with E-state index < -0.39 is 5.97 Å². The lowest BCUT2D eigenvalue weighted by Crippen LogP contribution is -1.95. The highest BCUT2D eigenvalue weighted by Gasteiger charge is 2.06. The molecule has 1 aromatic heterocycles. The van der Waals surface area contributed by atoms with Crippen LogP contribution >= 0.6 is 23.1 Å². The van der Waals surface area contributed by atoms with Crippen molar-refractivity contribution in [2.24, 2.45) is 0 Å². The van der Waals surface area contributed by atoms with Crippen molar-refractivity contribution in [2.45, 2.75) is 13.3 Å². The Morgan fingerprint density at radius 2 is 2.38 bits per heavy atom. The van der Waals surface area contributed by atoms with Crippen LogP contribution in [0.2, 0.25) is 0 Å². The number of carbonyl (C=O) groups excluding carboxylic acids is 1. The number of nitrogens with zero attached hydrogens (tertiary/aromatic N) is 1. The molecule has 1 N–H and O–H groups in total. The van der Waals surface area contributed by atoms with Crippen molar-refractivity contribution in [3.63, 3.8) is 0 Å². The molecule has 0 aliphatic rings. The van der Waals surface area contributed by atoms with Crippen LogP contribution in [0.4, 0.5) is 0 Å². The lowest BCUT2D eigenvalue weighted by atomic mass is 10.4. The third-order valence-corrected chi connectivity index (χ3v) is 3.02. The summed E-state index contributed by atoms with van der Waals surface area (Å²) in [6, 6.07) is 0. The molecule has 0 aromatic carbocycles. The molecule has 0 saturated heterocycles. The highest BCUT2D eigenvalue weighted by atomic mass is 32.2. The van der Waals surface area contributed by atoms with Crippen molar-refractivity contribution in [1.82, 2.24) is 4.98 Å². The van der Waals surface area contributed by atoms with Gasteiger partial charge in [0.25, 0.3) is 0 Å². The monoisotopic (exact) mass is 255 g/mol. The number of carboxylic acid groups (broad SMARTS) is 1. The Morgan fingerprint density at radius 1 is 1.62 bits per heavy atom. The second-order valence-corrected chi connectivity index (χ2v) is 4.86. The van der Waals surface area contributed by atoms with Crippen LogP contribution in [0.25, 0.3) is 0 Å². The predicted molar refractivity (Wildman–Crippen MR) is 63.7 cm³/mol. The molecule has 0 bridgehead atoms. The molecule has 0 saturated carbocycles. The highest BCUT2D eigenvalue weighted by Crippen LogP contribution is 2.08. The normalized spacial score (nSPS) is 9.31. The molecule has 0 spiro atoms. The molecule has 0 fully saturated rings. The fourth-order valence-corrected chi connectivity index (χ4v) is 1.96. The predicted octanol–water partition coefficient (Wildman–Crippen LogP) is 1.86. The zero-order valence-corrected chi connectivity index (χ0v) is 10.2. The Kier molecular flexibility index (Phi) is 5.02. The fraction of sp³-hybridized carbons (Fsp3) is 0.300. The SMILES string of the molecule is CC(=O)SCCC#Cc1nc(C(=O)O)cs1. The maximum atomic E-state index is 10.6. The van der Waals surface area contributed by atoms with Crippen molar-refractivity contribution < 1.29 is 14.7 Å². The lowest BCUT2D eigenvalue weighted by molar-refractivity contribution is -0.109. The molecular weight excluding hydrogens is 246 g/mol. The minimum absolute atomic E-state index is 0.0208. The minimum atomic E-state index is -1.04. The van der Waals surface area contributed by atoms with E-state index in [9.17, 15) is 9.59 Å². The van der Waals surface area contributed by atoms with Crippen LogP contribution in [0.15, 0.2) is 5.38 Å². The maximum absolute atomic E-state index is 10.6. The van der Waals surface area contributed by atoms with Gasteiger partial charge in [-0.05, 0) is 5.92 Å². The van der Waals surface area contributed by atoms with Gasteiger partial charge >= 0.3 is 5.97 Å². The van der Waals surface area contributed by atoms with Gasteiger partial charge in [0.05, 0.1) is 0 Å². The van der Waals surface area contributed by atoms with Crippen molar-refractivity contribution in [1.29, 1.82) is 0 Å². The molecule has 4 nitrogen and oxygen atoms in total. The van der Waals surface area contributed by atoms with Gasteiger partial charge in [-0.15, -0.1) is 11.3 Å². The zero-order chi connectivity index (χ0) is 12.0. The molecule has 0 aliphatic carbocycles. The molecule has 0 amide bonds. The summed E-state index contributed by atoms with van der Waals surface area (Å²) >= 11 is 2.43. The molecular formula is C10H9NO3S2. The van der Waals surface area contributed by atoms with Crippen LogP contribution in [-0.2, 0) is 4.79 Å². The van der Waals surface area contributed by atoms with E-state index >= 15 is 0 Å². The van der Waals surface area contributed by atoms with Crippen molar-refractivity contribution >= 4 is 34.2 Å². The summed E-state index contributed by atoms with van der Waals surface area (Å²) in [6.45, 7) is 1.51. The Bertz CT molecular complexity index is 456. The molecule has 0 radical (unpaired) electrons. The third kappa shape index (κ3) is 4.47. The van der Waals surface area contributed by atoms with Crippen LogP contribution < -0.4 is 0 Å². The number of rotatable bonds is 3. The molecule has 0 aliphatic heterocycles. The van der Waals surface area contributed by atoms with E-state index in [1.54, 1.807) is 0 Å². The Labute approximate surface area is 101 Å². The smallest absolute Gasteiger partial charge is 0.355 e. The van der Waals surface area contributed by atoms with E-state index in [1.807, 2.05) is 0 Å². The van der Waals surface area contributed by atoms with E-state index in [-0.39, 0.29) is 10.8 Å². The van der Waals surface area contributed by atoms with Gasteiger partial charge in [0.2, 0.25) is 0 Å². The van der Waals surface area contributed by atoms with E-state index in [0.717, 1.165) is 0 Å². The van der Waals surface area contributed by atoms with Crippen molar-refractivity contribution in [3.05, 3.63) is 16.1 Å². The van der Waals surface area contributed by atoms with E-state index in [4.69, 9.17) is 5.11 Å². The van der Waals surface area contributed by atoms with E-state index in [0.29, 0.717) is 17.2 Å². The van der Waals surface area contributed by atoms with Gasteiger partial charge in [0.15, 0.2) is 15.8 Å². The van der Waals surface area contributed by atoms with Crippen LogP contribution in [0.1, 0.15) is 28.8 Å². The molecule has 6 heteroatoms. The first-order chi connectivity index (χ1) is 7.59. The second kappa shape index (κ2) is 6.30. The molecule has 0 unspecified atom stereocenters. The lowest BCUT2D eigenvalue weighted by Gasteiger charge is -1.87. The van der Waals surface area contributed by atoms with Gasteiger partial charge in [-0.25, -0.2) is 9.78 Å². The first-order valence-corrected chi connectivity index (χ1v) is 6.27. The van der Waals surface area contributed by atoms with Gasteiger partial charge in [-0.2, -0.15) is 0 Å². The number of carbonyl (C=O) groups is 2. The number of aromatic nitrogens is 1. The molecule has 1 heterocycles. The first kappa shape index (κ1) is 12.7. The fourth-order valence-electron chi connectivity index (χ4n) is 0.813. The Morgan fingerprint density at radius 3 is 2.94 bits per heavy atom. The summed E-state index contributed by atoms with van der Waals surface area (Å²) in [5.74, 6) is 5.21. The standard InChI is InChI=1S/C10H9NO3S2/c1-7(12)15-5-3-2-4-9-11-8(6-16-9)10(13)14/h6H,3,5H2,1H3,(H,13,14). The van der Waals surface area contributed by atoms with Crippen LogP contribution in [-0.4, -0.2) is 26.9 Å².